The van der Waals surface area contributed by atoms with Gasteiger partial charge in [-0.05, 0) is 56.3 Å². The van der Waals surface area contributed by atoms with Gasteiger partial charge in [0.1, 0.15) is 11.2 Å². The zero-order valence-electron chi connectivity index (χ0n) is 24.4. The van der Waals surface area contributed by atoms with Crippen molar-refractivity contribution < 1.29 is 19.1 Å². The minimum Gasteiger partial charge on any atom is -0.493 e. The first-order valence-electron chi connectivity index (χ1n) is 14.4. The van der Waals surface area contributed by atoms with Crippen LogP contribution in [0, 0.1) is 11.8 Å². The zero-order valence-corrected chi connectivity index (χ0v) is 24.4. The van der Waals surface area contributed by atoms with Gasteiger partial charge in [-0.3, -0.25) is 9.59 Å². The zero-order chi connectivity index (χ0) is 28.4. The molecule has 0 spiro atoms. The second kappa shape index (κ2) is 11.5. The molecule has 1 fully saturated rings. The number of rotatable bonds is 9. The number of fused-ring (bicyclic) bond motifs is 3. The largest absolute Gasteiger partial charge is 0.493 e. The number of benzene rings is 2. The summed E-state index contributed by atoms with van der Waals surface area (Å²) in [6, 6.07) is 15.5. The first kappa shape index (κ1) is 28.0. The van der Waals surface area contributed by atoms with Crippen LogP contribution in [0.2, 0.25) is 0 Å². The maximum atomic E-state index is 14.1. The van der Waals surface area contributed by atoms with Crippen molar-refractivity contribution in [1.82, 2.24) is 19.7 Å². The molecule has 3 aromatic rings. The first-order valence-corrected chi connectivity index (χ1v) is 14.4. The molecule has 40 heavy (non-hydrogen) atoms. The lowest BCUT2D eigenvalue weighted by molar-refractivity contribution is -0.133. The number of hydrogen-bond acceptors (Lipinski definition) is 5. The Morgan fingerprint density at radius 2 is 1.80 bits per heavy atom. The fourth-order valence-electron chi connectivity index (χ4n) is 6.67. The Morgan fingerprint density at radius 3 is 2.52 bits per heavy atom. The summed E-state index contributed by atoms with van der Waals surface area (Å²) in [5.41, 5.74) is 1.22. The number of piperidine rings is 1. The summed E-state index contributed by atoms with van der Waals surface area (Å²) < 4.78 is 13.2. The van der Waals surface area contributed by atoms with E-state index < -0.39 is 5.54 Å². The van der Waals surface area contributed by atoms with E-state index in [0.29, 0.717) is 42.1 Å². The Labute approximate surface area is 237 Å². The Hall–Kier alpha value is -3.52. The number of likely N-dealkylation sites (tertiary alicyclic amines) is 1. The molecule has 5 rings (SSSR count). The lowest BCUT2D eigenvalue weighted by Gasteiger charge is -2.44. The molecule has 0 radical (unpaired) electrons. The van der Waals surface area contributed by atoms with Crippen LogP contribution in [0.25, 0.3) is 10.9 Å². The Balaban J connectivity index is 1.40. The topological polar surface area (TPSA) is 76.0 Å². The SMILES string of the molecule is COc1cccc(CN2C(=O)c3cc4ccccc4n3CC2(C)C(=O)NCCCN2CC(C)CC(C)C2)c1OC. The predicted octanol–water partition coefficient (Wildman–Crippen LogP) is 4.56. The molecule has 8 nitrogen and oxygen atoms in total. The second-order valence-electron chi connectivity index (χ2n) is 11.8. The van der Waals surface area contributed by atoms with Gasteiger partial charge in [0.05, 0.1) is 27.3 Å². The quantitative estimate of drug-likeness (QED) is 0.399. The summed E-state index contributed by atoms with van der Waals surface area (Å²) in [6.45, 7) is 10.8. The molecule has 0 saturated carbocycles. The van der Waals surface area contributed by atoms with E-state index >= 15 is 0 Å². The molecule has 3 heterocycles. The van der Waals surface area contributed by atoms with Crippen molar-refractivity contribution in [3.05, 3.63) is 59.8 Å². The molecule has 2 aliphatic heterocycles. The van der Waals surface area contributed by atoms with Crippen molar-refractivity contribution in [2.45, 2.75) is 52.2 Å². The molecule has 2 aromatic carbocycles. The third-order valence-electron chi connectivity index (χ3n) is 8.52. The van der Waals surface area contributed by atoms with E-state index in [2.05, 4.69) is 24.1 Å². The number of amides is 2. The number of ether oxygens (including phenoxy) is 2. The van der Waals surface area contributed by atoms with E-state index in [1.807, 2.05) is 60.0 Å². The molecule has 1 aromatic heterocycles. The van der Waals surface area contributed by atoms with Crippen molar-refractivity contribution >= 4 is 22.7 Å². The van der Waals surface area contributed by atoms with Gasteiger partial charge in [-0.2, -0.15) is 0 Å². The Kier molecular flexibility index (Phi) is 8.08. The molecule has 0 aliphatic carbocycles. The molecule has 2 amide bonds. The summed E-state index contributed by atoms with van der Waals surface area (Å²) in [7, 11) is 3.18. The maximum absolute atomic E-state index is 14.1. The third kappa shape index (κ3) is 5.29. The van der Waals surface area contributed by atoms with Crippen LogP contribution in [0.3, 0.4) is 0 Å². The normalized spacial score (nSPS) is 23.2. The van der Waals surface area contributed by atoms with Gasteiger partial charge >= 0.3 is 0 Å². The van der Waals surface area contributed by atoms with Crippen LogP contribution in [0.15, 0.2) is 48.5 Å². The molecule has 8 heteroatoms. The number of methoxy groups -OCH3 is 2. The average molecular weight is 547 g/mol. The van der Waals surface area contributed by atoms with Crippen molar-refractivity contribution in [3.63, 3.8) is 0 Å². The van der Waals surface area contributed by atoms with Gasteiger partial charge in [-0.15, -0.1) is 0 Å². The molecule has 214 valence electrons. The van der Waals surface area contributed by atoms with Crippen molar-refractivity contribution in [2.75, 3.05) is 40.4 Å². The van der Waals surface area contributed by atoms with Crippen molar-refractivity contribution in [2.24, 2.45) is 11.8 Å². The van der Waals surface area contributed by atoms with Gasteiger partial charge in [0.2, 0.25) is 5.91 Å². The molecular formula is C32H42N4O4. The molecule has 1 saturated heterocycles. The smallest absolute Gasteiger partial charge is 0.271 e. The molecule has 3 atom stereocenters. The highest BCUT2D eigenvalue weighted by molar-refractivity contribution is 6.03. The molecule has 0 bridgehead atoms. The van der Waals surface area contributed by atoms with Gasteiger partial charge < -0.3 is 29.2 Å². The van der Waals surface area contributed by atoms with Crippen LogP contribution < -0.4 is 14.8 Å². The number of carbonyl (C=O) groups excluding carboxylic acids is 2. The monoisotopic (exact) mass is 546 g/mol. The number of nitrogens with zero attached hydrogens (tertiary/aromatic N) is 3. The third-order valence-corrected chi connectivity index (χ3v) is 8.52. The second-order valence-corrected chi connectivity index (χ2v) is 11.8. The summed E-state index contributed by atoms with van der Waals surface area (Å²) in [6.07, 6.45) is 2.15. The van der Waals surface area contributed by atoms with E-state index in [1.165, 1.54) is 6.42 Å². The predicted molar refractivity (Wildman–Crippen MR) is 157 cm³/mol. The number of para-hydroxylation sites is 2. The number of nitrogens with one attached hydrogen (secondary N) is 1. The summed E-state index contributed by atoms with van der Waals surface area (Å²) in [5, 5.41) is 4.17. The highest BCUT2D eigenvalue weighted by Crippen LogP contribution is 2.37. The molecule has 1 N–H and O–H groups in total. The lowest BCUT2D eigenvalue weighted by atomic mass is 9.92. The number of carbonyl (C=O) groups is 2. The highest BCUT2D eigenvalue weighted by Gasteiger charge is 2.48. The van der Waals surface area contributed by atoms with Crippen LogP contribution in [0.1, 0.15) is 49.7 Å². The van der Waals surface area contributed by atoms with Crippen LogP contribution in [-0.2, 0) is 17.9 Å². The minimum atomic E-state index is -1.10. The highest BCUT2D eigenvalue weighted by atomic mass is 16.5. The van der Waals surface area contributed by atoms with Gasteiger partial charge in [0, 0.05) is 36.1 Å². The van der Waals surface area contributed by atoms with Crippen LogP contribution in [0.5, 0.6) is 11.5 Å². The fraction of sp³-hybridized carbons (Fsp3) is 0.500. The van der Waals surface area contributed by atoms with Gasteiger partial charge in [-0.25, -0.2) is 0 Å². The van der Waals surface area contributed by atoms with Crippen LogP contribution >= 0.6 is 0 Å². The summed E-state index contributed by atoms with van der Waals surface area (Å²) in [5.74, 6) is 2.24. The minimum absolute atomic E-state index is 0.147. The average Bonchev–Trinajstić information content (AvgIpc) is 3.30. The molecular weight excluding hydrogens is 504 g/mol. The summed E-state index contributed by atoms with van der Waals surface area (Å²) in [4.78, 5) is 32.3. The first-order chi connectivity index (χ1) is 19.2. The fourth-order valence-corrected chi connectivity index (χ4v) is 6.67. The van der Waals surface area contributed by atoms with E-state index in [4.69, 9.17) is 9.47 Å². The van der Waals surface area contributed by atoms with Crippen molar-refractivity contribution in [3.8, 4) is 11.5 Å². The standard InChI is InChI=1S/C32H42N4O4/c1-22-16-23(2)19-34(18-22)15-9-14-33-31(38)32(3)21-35-26-12-7-6-10-24(26)17-27(35)30(37)36(32)20-25-11-8-13-28(39-4)29(25)40-5/h6-8,10-13,17,22-23H,9,14-16,18-21H2,1-5H3,(H,33,38). The summed E-state index contributed by atoms with van der Waals surface area (Å²) >= 11 is 0. The molecule has 3 unspecified atom stereocenters. The van der Waals surface area contributed by atoms with Crippen molar-refractivity contribution in [1.29, 1.82) is 0 Å². The van der Waals surface area contributed by atoms with Crippen LogP contribution in [0.4, 0.5) is 0 Å². The number of hydrogen-bond donors (Lipinski definition) is 1. The van der Waals surface area contributed by atoms with E-state index in [9.17, 15) is 9.59 Å². The van der Waals surface area contributed by atoms with Crippen LogP contribution in [-0.4, -0.2) is 72.1 Å². The number of aromatic nitrogens is 1. The molecule has 2 aliphatic rings. The Bertz CT molecular complexity index is 1370. The van der Waals surface area contributed by atoms with Gasteiger partial charge in [-0.1, -0.05) is 44.2 Å². The van der Waals surface area contributed by atoms with Gasteiger partial charge in [0.25, 0.3) is 5.91 Å². The Morgan fingerprint density at radius 1 is 1.05 bits per heavy atom. The lowest BCUT2D eigenvalue weighted by Crippen LogP contribution is -2.63. The van der Waals surface area contributed by atoms with E-state index in [-0.39, 0.29) is 18.4 Å². The van der Waals surface area contributed by atoms with Gasteiger partial charge in [0.15, 0.2) is 11.5 Å². The van der Waals surface area contributed by atoms with E-state index in [0.717, 1.165) is 42.5 Å². The maximum Gasteiger partial charge on any atom is 0.271 e. The van der Waals surface area contributed by atoms with E-state index in [1.54, 1.807) is 19.1 Å².